The molecule has 3 aromatic rings. The number of ether oxygens (including phenoxy) is 2. The molecule has 0 saturated carbocycles. The molecule has 242 valence electrons. The summed E-state index contributed by atoms with van der Waals surface area (Å²) in [7, 11) is 0. The van der Waals surface area contributed by atoms with Gasteiger partial charge in [0.15, 0.2) is 0 Å². The fourth-order valence-corrected chi connectivity index (χ4v) is 6.00. The van der Waals surface area contributed by atoms with Gasteiger partial charge in [0.1, 0.15) is 17.6 Å². The monoisotopic (exact) mass is 659 g/mol. The molecule has 0 bridgehead atoms. The normalized spacial score (nSPS) is 19.0. The summed E-state index contributed by atoms with van der Waals surface area (Å²) in [5.41, 5.74) is 5.45. The van der Waals surface area contributed by atoms with Crippen molar-refractivity contribution in [1.29, 1.82) is 0 Å². The van der Waals surface area contributed by atoms with Crippen LogP contribution in [0.3, 0.4) is 0 Å². The minimum Gasteiger partial charge on any atom is -0.480 e. The Balaban J connectivity index is 1.42. The lowest BCUT2D eigenvalue weighted by Gasteiger charge is -2.39. The van der Waals surface area contributed by atoms with Gasteiger partial charge in [-0.25, -0.2) is 0 Å². The molecule has 3 heterocycles. The van der Waals surface area contributed by atoms with Gasteiger partial charge in [-0.2, -0.15) is 23.1 Å². The highest BCUT2D eigenvalue weighted by Gasteiger charge is 2.46. The number of hydrogen-bond acceptors (Lipinski definition) is 8. The molecule has 4 N–H and O–H groups in total. The van der Waals surface area contributed by atoms with E-state index in [9.17, 15) is 36.2 Å². The fraction of sp³-hybridized carbons (Fsp3) is 0.414. The number of piperidine rings is 1. The average molecular weight is 660 g/mol. The van der Waals surface area contributed by atoms with Crippen LogP contribution in [0.4, 0.5) is 38.1 Å². The van der Waals surface area contributed by atoms with Gasteiger partial charge in [0.05, 0.1) is 0 Å². The molecule has 2 aromatic carbocycles. The van der Waals surface area contributed by atoms with Crippen LogP contribution in [-0.2, 0) is 4.79 Å². The van der Waals surface area contributed by atoms with Crippen LogP contribution in [0.1, 0.15) is 36.5 Å². The highest BCUT2D eigenvalue weighted by atomic mass is 35.5. The lowest BCUT2D eigenvalue weighted by molar-refractivity contribution is -0.274. The van der Waals surface area contributed by atoms with E-state index < -0.39 is 42.3 Å². The molecule has 2 fully saturated rings. The SMILES string of the molecule is Cc1cc(-c2cc(Cl)ccc2[C@@H](Oc2cc(N3CCC4(CC3)CN[C@H](C(=O)O)C4)nc(N)n2)C(F)(F)F)ccc1OC(F)(F)F. The van der Waals surface area contributed by atoms with E-state index in [1.165, 1.54) is 37.3 Å². The molecule has 0 aliphatic carbocycles. The molecule has 2 aliphatic heterocycles. The second-order valence-electron chi connectivity index (χ2n) is 11.2. The Morgan fingerprint density at radius 2 is 1.82 bits per heavy atom. The number of carboxylic acid groups (broad SMARTS) is 1. The number of nitrogens with two attached hydrogens (primary N) is 1. The number of carboxylic acids is 1. The number of aliphatic carboxylic acids is 1. The molecule has 45 heavy (non-hydrogen) atoms. The predicted molar refractivity (Wildman–Crippen MR) is 152 cm³/mol. The zero-order valence-electron chi connectivity index (χ0n) is 23.7. The van der Waals surface area contributed by atoms with Crippen LogP contribution in [0.15, 0.2) is 42.5 Å². The van der Waals surface area contributed by atoms with E-state index in [0.29, 0.717) is 38.9 Å². The molecule has 0 amide bonds. The summed E-state index contributed by atoms with van der Waals surface area (Å²) < 4.78 is 91.5. The summed E-state index contributed by atoms with van der Waals surface area (Å²) in [5.74, 6) is -1.92. The molecular formula is C29H28ClF6N5O4. The Morgan fingerprint density at radius 3 is 2.42 bits per heavy atom. The third-order valence-corrected chi connectivity index (χ3v) is 8.29. The number of alkyl halides is 6. The largest absolute Gasteiger partial charge is 0.573 e. The summed E-state index contributed by atoms with van der Waals surface area (Å²) in [6.45, 7) is 2.79. The second kappa shape index (κ2) is 12.1. The van der Waals surface area contributed by atoms with Gasteiger partial charge < -0.3 is 30.5 Å². The highest BCUT2D eigenvalue weighted by molar-refractivity contribution is 6.30. The van der Waals surface area contributed by atoms with Crippen molar-refractivity contribution in [1.82, 2.24) is 15.3 Å². The zero-order valence-corrected chi connectivity index (χ0v) is 24.4. The van der Waals surface area contributed by atoms with Crippen molar-refractivity contribution in [2.45, 2.75) is 50.9 Å². The van der Waals surface area contributed by atoms with E-state index in [1.807, 2.05) is 4.90 Å². The minimum atomic E-state index is -4.97. The maximum Gasteiger partial charge on any atom is 0.573 e. The number of nitrogens with one attached hydrogen (secondary N) is 1. The number of anilines is 2. The van der Waals surface area contributed by atoms with Crippen molar-refractivity contribution < 1.29 is 45.7 Å². The van der Waals surface area contributed by atoms with Crippen LogP contribution in [0.5, 0.6) is 11.6 Å². The molecule has 16 heteroatoms. The van der Waals surface area contributed by atoms with Crippen LogP contribution in [0, 0.1) is 12.3 Å². The first kappa shape index (κ1) is 32.4. The Hall–Kier alpha value is -3.98. The summed E-state index contributed by atoms with van der Waals surface area (Å²) >= 11 is 6.13. The van der Waals surface area contributed by atoms with Crippen LogP contribution in [0.2, 0.25) is 5.02 Å². The van der Waals surface area contributed by atoms with E-state index >= 15 is 0 Å². The topological polar surface area (TPSA) is 123 Å². The van der Waals surface area contributed by atoms with Crippen molar-refractivity contribution in [2.75, 3.05) is 30.3 Å². The van der Waals surface area contributed by atoms with Gasteiger partial charge in [0, 0.05) is 36.3 Å². The number of rotatable bonds is 7. The van der Waals surface area contributed by atoms with Crippen molar-refractivity contribution in [3.8, 4) is 22.8 Å². The number of nitrogens with zero attached hydrogens (tertiary/aromatic N) is 3. The molecule has 0 radical (unpaired) electrons. The molecule has 1 spiro atoms. The Kier molecular flexibility index (Phi) is 8.70. The zero-order chi connectivity index (χ0) is 32.7. The van der Waals surface area contributed by atoms with E-state index in [2.05, 4.69) is 20.0 Å². The quantitative estimate of drug-likeness (QED) is 0.251. The number of hydrogen-bond donors (Lipinski definition) is 3. The third-order valence-electron chi connectivity index (χ3n) is 8.06. The van der Waals surface area contributed by atoms with Crippen LogP contribution in [-0.4, -0.2) is 59.3 Å². The summed E-state index contributed by atoms with van der Waals surface area (Å²) in [6, 6.07) is 7.71. The van der Waals surface area contributed by atoms with E-state index in [0.717, 1.165) is 12.1 Å². The fourth-order valence-electron chi connectivity index (χ4n) is 5.83. The standard InChI is InChI=1S/C29H28ClF6N5O4/c1-15-10-16(2-5-21(15)45-29(34,35)36)19-11-17(30)3-4-18(19)24(28(31,32)33)44-23-12-22(39-26(37)40-23)41-8-6-27(7-9-41)13-20(25(42)43)38-14-27/h2-5,10-12,20,24,38H,6-9,13-14H2,1H3,(H,42,43)(H2,37,39,40)/t20-,24+/m0/s1. The molecule has 9 nitrogen and oxygen atoms in total. The maximum absolute atomic E-state index is 14.6. The predicted octanol–water partition coefficient (Wildman–Crippen LogP) is 6.30. The first-order valence-corrected chi connectivity index (χ1v) is 14.1. The lowest BCUT2D eigenvalue weighted by atomic mass is 9.76. The number of carbonyl (C=O) groups is 1. The van der Waals surface area contributed by atoms with Crippen LogP contribution >= 0.6 is 11.6 Å². The van der Waals surface area contributed by atoms with Gasteiger partial charge in [-0.15, -0.1) is 13.2 Å². The summed E-state index contributed by atoms with van der Waals surface area (Å²) in [6.07, 6.45) is -10.7. The number of nitrogen functional groups attached to an aromatic ring is 1. The molecule has 2 saturated heterocycles. The Morgan fingerprint density at radius 1 is 1.11 bits per heavy atom. The van der Waals surface area contributed by atoms with Crippen molar-refractivity contribution in [3.63, 3.8) is 0 Å². The van der Waals surface area contributed by atoms with Gasteiger partial charge >= 0.3 is 18.5 Å². The van der Waals surface area contributed by atoms with Crippen LogP contribution < -0.4 is 25.4 Å². The van der Waals surface area contributed by atoms with E-state index in [4.69, 9.17) is 22.1 Å². The Bertz CT molecular complexity index is 1580. The number of halogens is 7. The number of aromatic nitrogens is 2. The van der Waals surface area contributed by atoms with Gasteiger partial charge in [0.2, 0.25) is 17.9 Å². The first-order valence-electron chi connectivity index (χ1n) is 13.8. The second-order valence-corrected chi connectivity index (χ2v) is 11.6. The van der Waals surface area contributed by atoms with Crippen LogP contribution in [0.25, 0.3) is 11.1 Å². The average Bonchev–Trinajstić information content (AvgIpc) is 3.35. The minimum absolute atomic E-state index is 0.0279. The van der Waals surface area contributed by atoms with E-state index in [-0.39, 0.29) is 44.5 Å². The van der Waals surface area contributed by atoms with Crippen molar-refractivity contribution in [3.05, 3.63) is 58.6 Å². The molecule has 0 unspecified atom stereocenters. The Labute approximate surface area is 258 Å². The highest BCUT2D eigenvalue weighted by Crippen LogP contribution is 2.44. The van der Waals surface area contributed by atoms with Gasteiger partial charge in [-0.05, 0) is 72.6 Å². The number of aryl methyl sites for hydroxylation is 1. The van der Waals surface area contributed by atoms with Gasteiger partial charge in [-0.3, -0.25) is 4.79 Å². The van der Waals surface area contributed by atoms with Gasteiger partial charge in [-0.1, -0.05) is 23.7 Å². The third kappa shape index (κ3) is 7.47. The lowest BCUT2D eigenvalue weighted by Crippen LogP contribution is -2.41. The maximum atomic E-state index is 14.6. The molecule has 1 aromatic heterocycles. The van der Waals surface area contributed by atoms with E-state index in [1.54, 1.807) is 0 Å². The van der Waals surface area contributed by atoms with Crippen molar-refractivity contribution in [2.24, 2.45) is 5.41 Å². The van der Waals surface area contributed by atoms with Crippen molar-refractivity contribution >= 4 is 29.3 Å². The molecule has 2 aliphatic rings. The summed E-state index contributed by atoms with van der Waals surface area (Å²) in [4.78, 5) is 21.3. The molecule has 5 rings (SSSR count). The summed E-state index contributed by atoms with van der Waals surface area (Å²) in [5, 5.41) is 12.5. The van der Waals surface area contributed by atoms with Gasteiger partial charge in [0.25, 0.3) is 0 Å². The molecule has 2 atom stereocenters. The first-order chi connectivity index (χ1) is 21.0. The number of benzene rings is 2. The molecular weight excluding hydrogens is 632 g/mol. The smallest absolute Gasteiger partial charge is 0.480 e.